The zero-order chi connectivity index (χ0) is 12.3. The summed E-state index contributed by atoms with van der Waals surface area (Å²) in [6, 6.07) is 5.08. The van der Waals surface area contributed by atoms with E-state index in [2.05, 4.69) is 15.9 Å². The van der Waals surface area contributed by atoms with E-state index >= 15 is 0 Å². The molecule has 0 aliphatic rings. The van der Waals surface area contributed by atoms with E-state index in [4.69, 9.17) is 16.9 Å². The highest BCUT2D eigenvalue weighted by atomic mass is 79.9. The molecule has 0 fully saturated rings. The average molecular weight is 313 g/mol. The van der Waals surface area contributed by atoms with Crippen LogP contribution in [0.25, 0.3) is 0 Å². The van der Waals surface area contributed by atoms with E-state index in [1.807, 2.05) is 6.07 Å². The van der Waals surface area contributed by atoms with Crippen LogP contribution in [0.5, 0.6) is 0 Å². The molecule has 0 saturated carbocycles. The molecule has 1 unspecified atom stereocenters. The summed E-state index contributed by atoms with van der Waals surface area (Å²) in [5.74, 6) is -0.571. The molecule has 0 radical (unpaired) electrons. The van der Waals surface area contributed by atoms with Crippen molar-refractivity contribution in [3.05, 3.63) is 33.8 Å². The fraction of sp³-hybridized carbons (Fsp3) is 0.300. The number of nitriles is 1. The highest BCUT2D eigenvalue weighted by molar-refractivity contribution is 9.10. The van der Waals surface area contributed by atoms with E-state index in [0.717, 1.165) is 12.1 Å². The molecule has 0 amide bonds. The summed E-state index contributed by atoms with van der Waals surface area (Å²) in [6.07, 6.45) is -4.38. The molecule has 1 aromatic rings. The fourth-order valence-corrected chi connectivity index (χ4v) is 2.06. The lowest BCUT2D eigenvalue weighted by Gasteiger charge is -2.12. The monoisotopic (exact) mass is 311 g/mol. The first-order valence-corrected chi connectivity index (χ1v) is 5.55. The van der Waals surface area contributed by atoms with Gasteiger partial charge in [-0.15, -0.1) is 11.6 Å². The number of hydrogen-bond donors (Lipinski definition) is 0. The Kier molecular flexibility index (Phi) is 4.22. The van der Waals surface area contributed by atoms with Crippen LogP contribution < -0.4 is 0 Å². The van der Waals surface area contributed by atoms with Crippen LogP contribution in [0.1, 0.15) is 17.0 Å². The van der Waals surface area contributed by atoms with Crippen molar-refractivity contribution in [2.45, 2.75) is 12.1 Å². The Balaban J connectivity index is 3.15. The second kappa shape index (κ2) is 5.07. The standard InChI is InChI=1S/C10H6BrClF3N/c11-9-3-7(10(13,14)15)1-2-8(9)6(4-12)5-16/h1-3,6H,4H2. The first-order valence-electron chi connectivity index (χ1n) is 4.22. The molecule has 0 aromatic heterocycles. The zero-order valence-corrected chi connectivity index (χ0v) is 10.2. The Morgan fingerprint density at radius 2 is 2.06 bits per heavy atom. The van der Waals surface area contributed by atoms with Crippen molar-refractivity contribution in [3.63, 3.8) is 0 Å². The maximum Gasteiger partial charge on any atom is 0.416 e. The summed E-state index contributed by atoms with van der Waals surface area (Å²) in [7, 11) is 0. The number of halogens is 5. The van der Waals surface area contributed by atoms with Gasteiger partial charge in [0.05, 0.1) is 17.6 Å². The van der Waals surface area contributed by atoms with Crippen molar-refractivity contribution in [2.24, 2.45) is 0 Å². The van der Waals surface area contributed by atoms with E-state index in [1.165, 1.54) is 6.07 Å². The summed E-state index contributed by atoms with van der Waals surface area (Å²) >= 11 is 8.55. The Hall–Kier alpha value is -0.730. The topological polar surface area (TPSA) is 23.8 Å². The molecule has 1 nitrogen and oxygen atoms in total. The molecule has 0 N–H and O–H groups in total. The van der Waals surface area contributed by atoms with E-state index in [0.29, 0.717) is 5.56 Å². The third-order valence-electron chi connectivity index (χ3n) is 2.01. The van der Waals surface area contributed by atoms with Gasteiger partial charge < -0.3 is 0 Å². The van der Waals surface area contributed by atoms with Gasteiger partial charge in [0.2, 0.25) is 0 Å². The number of hydrogen-bond acceptors (Lipinski definition) is 1. The maximum atomic E-state index is 12.4. The fourth-order valence-electron chi connectivity index (χ4n) is 1.17. The Labute approximate surface area is 104 Å². The Morgan fingerprint density at radius 1 is 1.44 bits per heavy atom. The number of benzene rings is 1. The lowest BCUT2D eigenvalue weighted by molar-refractivity contribution is -0.137. The molecule has 0 heterocycles. The van der Waals surface area contributed by atoms with Crippen LogP contribution in [0.2, 0.25) is 0 Å². The average Bonchev–Trinajstić information content (AvgIpc) is 2.20. The molecule has 86 valence electrons. The van der Waals surface area contributed by atoms with Crippen molar-refractivity contribution in [3.8, 4) is 6.07 Å². The van der Waals surface area contributed by atoms with Crippen LogP contribution in [-0.2, 0) is 6.18 Å². The van der Waals surface area contributed by atoms with Gasteiger partial charge in [0.25, 0.3) is 0 Å². The first kappa shape index (κ1) is 13.3. The lowest BCUT2D eigenvalue weighted by Crippen LogP contribution is -2.06. The van der Waals surface area contributed by atoms with Gasteiger partial charge in [-0.2, -0.15) is 18.4 Å². The minimum atomic E-state index is -4.38. The van der Waals surface area contributed by atoms with Gasteiger partial charge >= 0.3 is 6.18 Å². The van der Waals surface area contributed by atoms with Crippen molar-refractivity contribution in [1.82, 2.24) is 0 Å². The van der Waals surface area contributed by atoms with Crippen LogP contribution in [0.15, 0.2) is 22.7 Å². The van der Waals surface area contributed by atoms with Gasteiger partial charge in [0.1, 0.15) is 0 Å². The molecule has 6 heteroatoms. The normalized spacial score (nSPS) is 13.2. The van der Waals surface area contributed by atoms with Gasteiger partial charge in [-0.25, -0.2) is 0 Å². The molecule has 0 bridgehead atoms. The molecule has 1 aromatic carbocycles. The van der Waals surface area contributed by atoms with Gasteiger partial charge in [-0.05, 0) is 17.7 Å². The van der Waals surface area contributed by atoms with Crippen LogP contribution in [0.4, 0.5) is 13.2 Å². The molecule has 0 spiro atoms. The second-order valence-electron chi connectivity index (χ2n) is 3.07. The highest BCUT2D eigenvalue weighted by Gasteiger charge is 2.31. The maximum absolute atomic E-state index is 12.4. The van der Waals surface area contributed by atoms with Crippen LogP contribution in [-0.4, -0.2) is 5.88 Å². The zero-order valence-electron chi connectivity index (χ0n) is 7.85. The summed E-state index contributed by atoms with van der Waals surface area (Å²) in [6.45, 7) is 0. The third kappa shape index (κ3) is 2.89. The first-order chi connectivity index (χ1) is 7.40. The summed E-state index contributed by atoms with van der Waals surface area (Å²) in [5.41, 5.74) is -0.292. The Morgan fingerprint density at radius 3 is 2.44 bits per heavy atom. The van der Waals surface area contributed by atoms with Gasteiger partial charge in [0, 0.05) is 10.4 Å². The molecule has 0 aliphatic carbocycles. The second-order valence-corrected chi connectivity index (χ2v) is 4.23. The van der Waals surface area contributed by atoms with E-state index in [9.17, 15) is 13.2 Å². The predicted molar refractivity (Wildman–Crippen MR) is 58.2 cm³/mol. The van der Waals surface area contributed by atoms with Gasteiger partial charge in [-0.1, -0.05) is 22.0 Å². The molecule has 0 saturated heterocycles. The molecule has 1 atom stereocenters. The molecular formula is C10H6BrClF3N. The van der Waals surface area contributed by atoms with E-state index < -0.39 is 17.7 Å². The summed E-state index contributed by atoms with van der Waals surface area (Å²) in [5, 5.41) is 8.76. The van der Waals surface area contributed by atoms with Crippen molar-refractivity contribution >= 4 is 27.5 Å². The third-order valence-corrected chi connectivity index (χ3v) is 3.01. The van der Waals surface area contributed by atoms with Gasteiger partial charge in [-0.3, -0.25) is 0 Å². The SMILES string of the molecule is N#CC(CCl)c1ccc(C(F)(F)F)cc1Br. The highest BCUT2D eigenvalue weighted by Crippen LogP contribution is 2.34. The van der Waals surface area contributed by atoms with Crippen LogP contribution in [0, 0.1) is 11.3 Å². The molecular weight excluding hydrogens is 306 g/mol. The van der Waals surface area contributed by atoms with Crippen molar-refractivity contribution in [1.29, 1.82) is 5.26 Å². The summed E-state index contributed by atoms with van der Waals surface area (Å²) < 4.78 is 37.3. The lowest BCUT2D eigenvalue weighted by atomic mass is 10.0. The minimum Gasteiger partial charge on any atom is -0.198 e. The minimum absolute atomic E-state index is 0.0421. The van der Waals surface area contributed by atoms with Gasteiger partial charge in [0.15, 0.2) is 0 Å². The van der Waals surface area contributed by atoms with Crippen LogP contribution in [0.3, 0.4) is 0 Å². The van der Waals surface area contributed by atoms with E-state index in [1.54, 1.807) is 0 Å². The smallest absolute Gasteiger partial charge is 0.198 e. The molecule has 16 heavy (non-hydrogen) atoms. The summed E-state index contributed by atoms with van der Waals surface area (Å²) in [4.78, 5) is 0. The van der Waals surface area contributed by atoms with E-state index in [-0.39, 0.29) is 10.4 Å². The molecule has 0 aliphatic heterocycles. The number of nitrogens with zero attached hydrogens (tertiary/aromatic N) is 1. The molecule has 1 rings (SSSR count). The predicted octanol–water partition coefficient (Wildman–Crippen LogP) is 4.31. The number of alkyl halides is 4. The van der Waals surface area contributed by atoms with Crippen molar-refractivity contribution < 1.29 is 13.2 Å². The number of rotatable bonds is 2. The Bertz CT molecular complexity index is 425. The quantitative estimate of drug-likeness (QED) is 0.746. The van der Waals surface area contributed by atoms with Crippen LogP contribution >= 0.6 is 27.5 Å². The van der Waals surface area contributed by atoms with Crippen molar-refractivity contribution in [2.75, 3.05) is 5.88 Å². The largest absolute Gasteiger partial charge is 0.416 e.